The van der Waals surface area contributed by atoms with E-state index in [1.165, 1.54) is 0 Å². The van der Waals surface area contributed by atoms with Gasteiger partial charge in [-0.3, -0.25) is 0 Å². The van der Waals surface area contributed by atoms with Crippen molar-refractivity contribution in [2.45, 2.75) is 13.0 Å². The number of hydrogen-bond acceptors (Lipinski definition) is 3. The van der Waals surface area contributed by atoms with E-state index in [9.17, 15) is 0 Å². The van der Waals surface area contributed by atoms with E-state index in [0.29, 0.717) is 0 Å². The molecule has 14 heavy (non-hydrogen) atoms. The molecule has 0 saturated carbocycles. The highest BCUT2D eigenvalue weighted by Crippen LogP contribution is 2.13. The van der Waals surface area contributed by atoms with Crippen molar-refractivity contribution in [3.63, 3.8) is 0 Å². The van der Waals surface area contributed by atoms with E-state index < -0.39 is 0 Å². The fraction of sp³-hybridized carbons (Fsp3) is 0.200. The Hall–Kier alpha value is -1.68. The molecule has 4 nitrogen and oxygen atoms in total. The van der Waals surface area contributed by atoms with Gasteiger partial charge in [-0.25, -0.2) is 4.68 Å². The topological polar surface area (TPSA) is 56.7 Å². The summed E-state index contributed by atoms with van der Waals surface area (Å²) in [6.45, 7) is 1.91. The van der Waals surface area contributed by atoms with Gasteiger partial charge >= 0.3 is 0 Å². The summed E-state index contributed by atoms with van der Waals surface area (Å²) in [4.78, 5) is 0. The van der Waals surface area contributed by atoms with Gasteiger partial charge in [-0.2, -0.15) is 0 Å². The van der Waals surface area contributed by atoms with Gasteiger partial charge in [0.25, 0.3) is 0 Å². The van der Waals surface area contributed by atoms with Crippen LogP contribution in [-0.4, -0.2) is 15.0 Å². The lowest BCUT2D eigenvalue weighted by molar-refractivity contribution is 0.697. The third-order valence-electron chi connectivity index (χ3n) is 2.04. The second-order valence-electron chi connectivity index (χ2n) is 3.19. The molecule has 0 bridgehead atoms. The molecule has 0 saturated heterocycles. The fourth-order valence-electron chi connectivity index (χ4n) is 1.32. The lowest BCUT2D eigenvalue weighted by atomic mass is 10.2. The molecular weight excluding hydrogens is 176 g/mol. The van der Waals surface area contributed by atoms with Crippen LogP contribution in [0.1, 0.15) is 18.7 Å². The van der Waals surface area contributed by atoms with Crippen LogP contribution in [0, 0.1) is 0 Å². The minimum absolute atomic E-state index is 0.0646. The number of nitrogens with two attached hydrogens (primary N) is 1. The molecule has 1 heterocycles. The predicted molar refractivity (Wildman–Crippen MR) is 54.0 cm³/mol. The summed E-state index contributed by atoms with van der Waals surface area (Å²) in [6.07, 6.45) is 1.69. The number of rotatable bonds is 2. The maximum Gasteiger partial charge on any atom is 0.0810 e. The molecule has 0 amide bonds. The van der Waals surface area contributed by atoms with Crippen LogP contribution in [0.15, 0.2) is 36.5 Å². The van der Waals surface area contributed by atoms with Crippen LogP contribution < -0.4 is 5.73 Å². The SMILES string of the molecule is C[C@@H](N)c1cnnn1-c1ccccc1. The first-order valence-electron chi connectivity index (χ1n) is 4.50. The number of nitrogens with zero attached hydrogens (tertiary/aromatic N) is 3. The molecule has 0 fully saturated rings. The maximum absolute atomic E-state index is 5.80. The van der Waals surface area contributed by atoms with Crippen LogP contribution in [0.2, 0.25) is 0 Å². The Labute approximate surface area is 82.4 Å². The lowest BCUT2D eigenvalue weighted by Gasteiger charge is -2.07. The maximum atomic E-state index is 5.80. The average Bonchev–Trinajstić information content (AvgIpc) is 2.67. The summed E-state index contributed by atoms with van der Waals surface area (Å²) in [6, 6.07) is 9.77. The highest BCUT2D eigenvalue weighted by Gasteiger charge is 2.08. The predicted octanol–water partition coefficient (Wildman–Crippen LogP) is 1.29. The van der Waals surface area contributed by atoms with Crippen LogP contribution >= 0.6 is 0 Å². The third kappa shape index (κ3) is 1.52. The van der Waals surface area contributed by atoms with Crippen LogP contribution in [0.25, 0.3) is 5.69 Å². The van der Waals surface area contributed by atoms with E-state index in [1.54, 1.807) is 10.9 Å². The molecule has 0 aliphatic rings. The van der Waals surface area contributed by atoms with Gasteiger partial charge in [-0.15, -0.1) is 5.10 Å². The highest BCUT2D eigenvalue weighted by molar-refractivity contribution is 5.31. The van der Waals surface area contributed by atoms with Crippen LogP contribution in [0.4, 0.5) is 0 Å². The Kier molecular flexibility index (Phi) is 2.28. The van der Waals surface area contributed by atoms with Gasteiger partial charge in [0.2, 0.25) is 0 Å². The summed E-state index contributed by atoms with van der Waals surface area (Å²) in [5, 5.41) is 7.85. The molecule has 4 heteroatoms. The number of aromatic nitrogens is 3. The second kappa shape index (κ2) is 3.59. The van der Waals surface area contributed by atoms with Crippen molar-refractivity contribution in [1.82, 2.24) is 15.0 Å². The molecule has 2 rings (SSSR count). The van der Waals surface area contributed by atoms with Crippen molar-refractivity contribution in [1.29, 1.82) is 0 Å². The second-order valence-corrected chi connectivity index (χ2v) is 3.19. The highest BCUT2D eigenvalue weighted by atomic mass is 15.4. The molecule has 1 atom stereocenters. The van der Waals surface area contributed by atoms with E-state index in [2.05, 4.69) is 10.3 Å². The first kappa shape index (κ1) is 8.90. The summed E-state index contributed by atoms with van der Waals surface area (Å²) in [5.41, 5.74) is 7.69. The Bertz CT molecular complexity index is 405. The number of benzene rings is 1. The van der Waals surface area contributed by atoms with Crippen molar-refractivity contribution in [3.8, 4) is 5.69 Å². The minimum atomic E-state index is -0.0646. The number of hydrogen-bond donors (Lipinski definition) is 1. The van der Waals surface area contributed by atoms with Crippen molar-refractivity contribution in [2.24, 2.45) is 5.73 Å². The van der Waals surface area contributed by atoms with Gasteiger partial charge in [0.15, 0.2) is 0 Å². The zero-order valence-electron chi connectivity index (χ0n) is 7.96. The third-order valence-corrected chi connectivity index (χ3v) is 2.04. The van der Waals surface area contributed by atoms with Crippen molar-refractivity contribution in [3.05, 3.63) is 42.2 Å². The number of para-hydroxylation sites is 1. The van der Waals surface area contributed by atoms with Gasteiger partial charge in [0.05, 0.1) is 17.6 Å². The van der Waals surface area contributed by atoms with Crippen LogP contribution in [-0.2, 0) is 0 Å². The van der Waals surface area contributed by atoms with Crippen molar-refractivity contribution < 1.29 is 0 Å². The summed E-state index contributed by atoms with van der Waals surface area (Å²) in [7, 11) is 0. The van der Waals surface area contributed by atoms with Gasteiger partial charge < -0.3 is 5.73 Å². The van der Waals surface area contributed by atoms with Gasteiger partial charge in [-0.1, -0.05) is 23.4 Å². The van der Waals surface area contributed by atoms with E-state index in [-0.39, 0.29) is 6.04 Å². The molecule has 1 aromatic carbocycles. The molecule has 0 aliphatic heterocycles. The van der Waals surface area contributed by atoms with Crippen LogP contribution in [0.3, 0.4) is 0 Å². The Morgan fingerprint density at radius 3 is 2.64 bits per heavy atom. The zero-order chi connectivity index (χ0) is 9.97. The smallest absolute Gasteiger partial charge is 0.0810 e. The zero-order valence-corrected chi connectivity index (χ0v) is 7.96. The molecule has 0 spiro atoms. The first-order valence-corrected chi connectivity index (χ1v) is 4.50. The molecule has 2 aromatic rings. The average molecular weight is 188 g/mol. The lowest BCUT2D eigenvalue weighted by Crippen LogP contribution is -2.11. The van der Waals surface area contributed by atoms with Crippen LogP contribution in [0.5, 0.6) is 0 Å². The Balaban J connectivity index is 2.47. The largest absolute Gasteiger partial charge is 0.323 e. The molecule has 0 radical (unpaired) electrons. The summed E-state index contributed by atoms with van der Waals surface area (Å²) >= 11 is 0. The molecule has 72 valence electrons. The molecule has 1 aromatic heterocycles. The van der Waals surface area contributed by atoms with Crippen molar-refractivity contribution >= 4 is 0 Å². The van der Waals surface area contributed by atoms with E-state index >= 15 is 0 Å². The standard InChI is InChI=1S/C10H12N4/c1-8(11)10-7-12-13-14(10)9-5-3-2-4-6-9/h2-8H,11H2,1H3/t8-/m1/s1. The summed E-state index contributed by atoms with van der Waals surface area (Å²) in [5.74, 6) is 0. The fourth-order valence-corrected chi connectivity index (χ4v) is 1.32. The van der Waals surface area contributed by atoms with Crippen molar-refractivity contribution in [2.75, 3.05) is 0 Å². The molecule has 0 aliphatic carbocycles. The molecular formula is C10H12N4. The molecule has 2 N–H and O–H groups in total. The molecule has 0 unspecified atom stereocenters. The van der Waals surface area contributed by atoms with E-state index in [1.807, 2.05) is 37.3 Å². The van der Waals surface area contributed by atoms with Gasteiger partial charge in [0, 0.05) is 6.04 Å². The Morgan fingerprint density at radius 1 is 1.29 bits per heavy atom. The van der Waals surface area contributed by atoms with Gasteiger partial charge in [-0.05, 0) is 19.1 Å². The van der Waals surface area contributed by atoms with Gasteiger partial charge in [0.1, 0.15) is 0 Å². The van der Waals surface area contributed by atoms with E-state index in [4.69, 9.17) is 5.73 Å². The minimum Gasteiger partial charge on any atom is -0.323 e. The Morgan fingerprint density at radius 2 is 2.00 bits per heavy atom. The summed E-state index contributed by atoms with van der Waals surface area (Å²) < 4.78 is 1.75. The quantitative estimate of drug-likeness (QED) is 0.772. The first-order chi connectivity index (χ1) is 6.79. The monoisotopic (exact) mass is 188 g/mol. The normalized spacial score (nSPS) is 12.7. The van der Waals surface area contributed by atoms with E-state index in [0.717, 1.165) is 11.4 Å².